The Bertz CT molecular complexity index is 561. The van der Waals surface area contributed by atoms with Gasteiger partial charge >= 0.3 is 0 Å². The van der Waals surface area contributed by atoms with Crippen LogP contribution in [0.15, 0.2) is 0 Å². The summed E-state index contributed by atoms with van der Waals surface area (Å²) in [6.07, 6.45) is 11.4. The first-order valence-electron chi connectivity index (χ1n) is 9.86. The van der Waals surface area contributed by atoms with E-state index in [9.17, 15) is 9.90 Å². The van der Waals surface area contributed by atoms with Crippen molar-refractivity contribution in [3.8, 4) is 5.88 Å². The van der Waals surface area contributed by atoms with Gasteiger partial charge in [0.1, 0.15) is 0 Å². The summed E-state index contributed by atoms with van der Waals surface area (Å²) in [4.78, 5) is 19.4. The lowest BCUT2D eigenvalue weighted by molar-refractivity contribution is -0.130. The fourth-order valence-electron chi connectivity index (χ4n) is 4.04. The molecule has 1 aliphatic heterocycles. The minimum absolute atomic E-state index is 0.0199. The molecule has 0 bridgehead atoms. The Morgan fingerprint density at radius 3 is 2.52 bits per heavy atom. The third-order valence-corrected chi connectivity index (χ3v) is 6.63. The van der Waals surface area contributed by atoms with Crippen molar-refractivity contribution in [3.05, 3.63) is 4.88 Å². The zero-order chi connectivity index (χ0) is 17.6. The number of amides is 1. The van der Waals surface area contributed by atoms with E-state index in [4.69, 9.17) is 0 Å². The average Bonchev–Trinajstić information content (AvgIpc) is 2.82. The molecule has 1 amide bonds. The molecule has 2 fully saturated rings. The van der Waals surface area contributed by atoms with Gasteiger partial charge in [-0.15, -0.1) is 0 Å². The first kappa shape index (κ1) is 18.5. The second-order valence-electron chi connectivity index (χ2n) is 7.57. The fraction of sp³-hybridized carbons (Fsp3) is 0.789. The second-order valence-corrected chi connectivity index (χ2v) is 8.65. The van der Waals surface area contributed by atoms with E-state index < -0.39 is 0 Å². The van der Waals surface area contributed by atoms with E-state index >= 15 is 0 Å². The van der Waals surface area contributed by atoms with Gasteiger partial charge in [0.25, 0.3) is 0 Å². The Kier molecular flexibility index (Phi) is 6.57. The van der Waals surface area contributed by atoms with Gasteiger partial charge in [0.2, 0.25) is 11.8 Å². The molecule has 140 valence electrons. The molecule has 1 aromatic rings. The van der Waals surface area contributed by atoms with Gasteiger partial charge in [-0.3, -0.25) is 4.79 Å². The Balaban J connectivity index is 1.56. The highest BCUT2D eigenvalue weighted by Crippen LogP contribution is 2.32. The van der Waals surface area contributed by atoms with Gasteiger partial charge in [-0.1, -0.05) is 43.4 Å². The number of hydrogen-bond acceptors (Lipinski definition) is 5. The Morgan fingerprint density at radius 2 is 1.84 bits per heavy atom. The third-order valence-electron chi connectivity index (χ3n) is 5.66. The van der Waals surface area contributed by atoms with Crippen molar-refractivity contribution in [2.75, 3.05) is 18.4 Å². The maximum Gasteiger partial charge on any atom is 0.228 e. The largest absolute Gasteiger partial charge is 0.492 e. The number of aromatic hydroxyl groups is 1. The number of likely N-dealkylation sites (tertiary alicyclic amines) is 1. The van der Waals surface area contributed by atoms with Crippen LogP contribution in [0.3, 0.4) is 0 Å². The molecule has 5 nitrogen and oxygen atoms in total. The SMILES string of the molecule is C[C@H](Nc1nc(O)c(CC(=O)N2CCCCCC2)s1)C1CCCCC1. The fourth-order valence-corrected chi connectivity index (χ4v) is 4.98. The molecule has 2 aliphatic rings. The highest BCUT2D eigenvalue weighted by atomic mass is 32.1. The predicted octanol–water partition coefficient (Wildman–Crippen LogP) is 4.17. The van der Waals surface area contributed by atoms with Crippen LogP contribution in [0, 0.1) is 5.92 Å². The van der Waals surface area contributed by atoms with Gasteiger partial charge in [-0.25, -0.2) is 0 Å². The molecule has 3 rings (SSSR count). The number of anilines is 1. The van der Waals surface area contributed by atoms with E-state index in [-0.39, 0.29) is 18.2 Å². The van der Waals surface area contributed by atoms with Crippen LogP contribution in [0.2, 0.25) is 0 Å². The molecule has 25 heavy (non-hydrogen) atoms. The van der Waals surface area contributed by atoms with E-state index in [2.05, 4.69) is 17.2 Å². The van der Waals surface area contributed by atoms with Crippen molar-refractivity contribution in [3.63, 3.8) is 0 Å². The molecule has 0 aromatic carbocycles. The van der Waals surface area contributed by atoms with Gasteiger partial charge in [-0.05, 0) is 38.5 Å². The van der Waals surface area contributed by atoms with Crippen LogP contribution in [-0.2, 0) is 11.2 Å². The number of hydrogen-bond donors (Lipinski definition) is 2. The molecule has 0 radical (unpaired) electrons. The molecule has 2 N–H and O–H groups in total. The van der Waals surface area contributed by atoms with Crippen molar-refractivity contribution in [2.45, 2.75) is 77.2 Å². The minimum Gasteiger partial charge on any atom is -0.492 e. The van der Waals surface area contributed by atoms with Gasteiger partial charge in [0, 0.05) is 19.1 Å². The van der Waals surface area contributed by atoms with E-state index in [0.29, 0.717) is 16.8 Å². The average molecular weight is 366 g/mol. The smallest absolute Gasteiger partial charge is 0.228 e. The highest BCUT2D eigenvalue weighted by molar-refractivity contribution is 7.16. The molecule has 2 heterocycles. The summed E-state index contributed by atoms with van der Waals surface area (Å²) in [7, 11) is 0. The molecule has 1 aliphatic carbocycles. The Hall–Kier alpha value is -1.30. The standard InChI is InChI=1S/C19H31N3O2S/c1-14(15-9-5-4-6-10-15)20-19-21-18(24)16(25-19)13-17(23)22-11-7-2-3-8-12-22/h14-15,24H,2-13H2,1H3,(H,20,21)/t14-/m0/s1. The quantitative estimate of drug-likeness (QED) is 0.822. The zero-order valence-corrected chi connectivity index (χ0v) is 16.1. The number of rotatable bonds is 5. The molecule has 1 atom stereocenters. The lowest BCUT2D eigenvalue weighted by atomic mass is 9.85. The van der Waals surface area contributed by atoms with Gasteiger partial charge in [-0.2, -0.15) is 4.98 Å². The second kappa shape index (κ2) is 8.88. The number of carbonyl (C=O) groups excluding carboxylic acids is 1. The number of nitrogens with one attached hydrogen (secondary N) is 1. The van der Waals surface area contributed by atoms with Crippen molar-refractivity contribution in [1.29, 1.82) is 0 Å². The first-order chi connectivity index (χ1) is 12.1. The highest BCUT2D eigenvalue weighted by Gasteiger charge is 2.23. The summed E-state index contributed by atoms with van der Waals surface area (Å²) in [6, 6.07) is 0.361. The van der Waals surface area contributed by atoms with Gasteiger partial charge in [0.15, 0.2) is 5.13 Å². The van der Waals surface area contributed by atoms with Gasteiger partial charge in [0.05, 0.1) is 11.3 Å². The van der Waals surface area contributed by atoms with E-state index in [0.717, 1.165) is 31.1 Å². The molecule has 0 spiro atoms. The molecular weight excluding hydrogens is 334 g/mol. The summed E-state index contributed by atoms with van der Waals surface area (Å²) in [5.74, 6) is 0.821. The van der Waals surface area contributed by atoms with E-state index in [1.54, 1.807) is 0 Å². The monoisotopic (exact) mass is 365 g/mol. The number of thiazole rings is 1. The summed E-state index contributed by atoms with van der Waals surface area (Å²) in [5, 5.41) is 14.3. The third kappa shape index (κ3) is 5.09. The molecule has 6 heteroatoms. The van der Waals surface area contributed by atoms with Crippen molar-refractivity contribution >= 4 is 22.4 Å². The maximum absolute atomic E-state index is 12.5. The lowest BCUT2D eigenvalue weighted by Crippen LogP contribution is -2.32. The van der Waals surface area contributed by atoms with Crippen LogP contribution in [0.25, 0.3) is 0 Å². The molecule has 1 aromatic heterocycles. The first-order valence-corrected chi connectivity index (χ1v) is 10.7. The summed E-state index contributed by atoms with van der Waals surface area (Å²) < 4.78 is 0. The van der Waals surface area contributed by atoms with Crippen LogP contribution in [0.1, 0.15) is 69.6 Å². The van der Waals surface area contributed by atoms with Crippen LogP contribution < -0.4 is 5.32 Å². The van der Waals surface area contributed by atoms with Crippen LogP contribution >= 0.6 is 11.3 Å². The summed E-state index contributed by atoms with van der Waals surface area (Å²) in [5.41, 5.74) is 0. The van der Waals surface area contributed by atoms with Crippen molar-refractivity contribution in [1.82, 2.24) is 9.88 Å². The number of carbonyl (C=O) groups is 1. The minimum atomic E-state index is 0.0199. The van der Waals surface area contributed by atoms with Crippen LogP contribution in [-0.4, -0.2) is 40.0 Å². The normalized spacial score (nSPS) is 20.9. The Morgan fingerprint density at radius 1 is 1.20 bits per heavy atom. The predicted molar refractivity (Wildman–Crippen MR) is 102 cm³/mol. The van der Waals surface area contributed by atoms with Gasteiger partial charge < -0.3 is 15.3 Å². The summed E-state index contributed by atoms with van der Waals surface area (Å²) in [6.45, 7) is 3.90. The molecule has 0 unspecified atom stereocenters. The van der Waals surface area contributed by atoms with Crippen molar-refractivity contribution in [2.24, 2.45) is 5.92 Å². The molecule has 1 saturated heterocycles. The molecule has 1 saturated carbocycles. The lowest BCUT2D eigenvalue weighted by Gasteiger charge is -2.28. The number of aromatic nitrogens is 1. The van der Waals surface area contributed by atoms with Crippen LogP contribution in [0.5, 0.6) is 5.88 Å². The number of nitrogens with zero attached hydrogens (tertiary/aromatic N) is 2. The maximum atomic E-state index is 12.5. The van der Waals surface area contributed by atoms with E-state index in [1.807, 2.05) is 4.90 Å². The summed E-state index contributed by atoms with van der Waals surface area (Å²) >= 11 is 1.43. The topological polar surface area (TPSA) is 65.5 Å². The van der Waals surface area contributed by atoms with E-state index in [1.165, 1.54) is 56.3 Å². The zero-order valence-electron chi connectivity index (χ0n) is 15.3. The van der Waals surface area contributed by atoms with Crippen molar-refractivity contribution < 1.29 is 9.90 Å². The Labute approximate surface area is 154 Å². The molecular formula is C19H31N3O2S. The van der Waals surface area contributed by atoms with Crippen LogP contribution in [0.4, 0.5) is 5.13 Å².